The first-order valence-electron chi connectivity index (χ1n) is 8.89. The third-order valence-corrected chi connectivity index (χ3v) is 4.90. The van der Waals surface area contributed by atoms with Crippen LogP contribution in [0, 0.1) is 0 Å². The van der Waals surface area contributed by atoms with Gasteiger partial charge in [-0.25, -0.2) is 0 Å². The number of carbonyl (C=O) groups excluding carboxylic acids is 2. The van der Waals surface area contributed by atoms with Gasteiger partial charge in [0.2, 0.25) is 5.91 Å². The molecule has 8 heteroatoms. The lowest BCUT2D eigenvalue weighted by molar-refractivity contribution is -0.127. The van der Waals surface area contributed by atoms with Gasteiger partial charge in [-0.2, -0.15) is 5.10 Å². The number of aromatic nitrogens is 2. The largest absolute Gasteiger partial charge is 0.496 e. The second-order valence-corrected chi connectivity index (χ2v) is 6.59. The lowest BCUT2D eigenvalue weighted by atomic mass is 10.1. The average molecular weight is 371 g/mol. The van der Waals surface area contributed by atoms with Crippen LogP contribution >= 0.6 is 0 Å². The Kier molecular flexibility index (Phi) is 5.75. The molecule has 1 fully saturated rings. The summed E-state index contributed by atoms with van der Waals surface area (Å²) < 4.78 is 7.21. The van der Waals surface area contributed by atoms with Crippen LogP contribution in [-0.2, 0) is 11.3 Å². The van der Waals surface area contributed by atoms with Crippen molar-refractivity contribution in [3.63, 3.8) is 0 Å². The zero-order valence-corrected chi connectivity index (χ0v) is 15.9. The molecule has 1 aromatic carbocycles. The van der Waals surface area contributed by atoms with Crippen LogP contribution in [0.2, 0.25) is 0 Å². The third kappa shape index (κ3) is 4.11. The molecule has 1 aromatic heterocycles. The zero-order valence-electron chi connectivity index (χ0n) is 15.9. The monoisotopic (exact) mass is 371 g/mol. The summed E-state index contributed by atoms with van der Waals surface area (Å²) in [5.41, 5.74) is 1.46. The quantitative estimate of drug-likeness (QED) is 0.825. The Labute approximate surface area is 158 Å². The van der Waals surface area contributed by atoms with Gasteiger partial charge in [-0.1, -0.05) is 0 Å². The fraction of sp³-hybridized carbons (Fsp3) is 0.421. The molecule has 0 radical (unpaired) electrons. The van der Waals surface area contributed by atoms with E-state index in [0.29, 0.717) is 37.5 Å². The number of nitrogens with one attached hydrogen (secondary N) is 1. The number of hydrogen-bond acceptors (Lipinski definition) is 5. The van der Waals surface area contributed by atoms with Crippen molar-refractivity contribution in [2.24, 2.45) is 0 Å². The van der Waals surface area contributed by atoms with E-state index < -0.39 is 0 Å². The minimum absolute atomic E-state index is 0.0795. The smallest absolute Gasteiger partial charge is 0.253 e. The Morgan fingerprint density at radius 3 is 2.81 bits per heavy atom. The Balaban J connectivity index is 1.81. The number of hydrogen-bond donors (Lipinski definition) is 1. The molecule has 0 aliphatic carbocycles. The summed E-state index contributed by atoms with van der Waals surface area (Å²) in [7, 11) is 5.12. The minimum atomic E-state index is -0.338. The summed E-state index contributed by atoms with van der Waals surface area (Å²) >= 11 is 0. The minimum Gasteiger partial charge on any atom is -0.496 e. The van der Waals surface area contributed by atoms with Crippen molar-refractivity contribution in [3.05, 3.63) is 47.8 Å². The molecule has 3 rings (SSSR count). The van der Waals surface area contributed by atoms with E-state index in [1.165, 1.54) is 0 Å². The second-order valence-electron chi connectivity index (χ2n) is 6.59. The Bertz CT molecular complexity index is 806. The number of methoxy groups -OCH3 is 1. The van der Waals surface area contributed by atoms with Crippen LogP contribution in [-0.4, -0.2) is 78.3 Å². The number of nitrogens with zero attached hydrogens (tertiary/aromatic N) is 4. The number of carbonyl (C=O) groups is 2. The standard InChI is InChI=1S/C19H25N5O3/c1-20-18(25)16-13-23(10-9-22(16)2)19(26)14-5-6-17(27-3)15(11-14)12-24-8-4-7-21-24/h4-8,11,16H,9-10,12-13H2,1-3H3,(H,20,25)/t16-/m1/s1. The number of rotatable bonds is 5. The Hall–Kier alpha value is -2.87. The van der Waals surface area contributed by atoms with E-state index >= 15 is 0 Å². The SMILES string of the molecule is CNC(=O)[C@H]1CN(C(=O)c2ccc(OC)c(Cn3cccn3)c2)CCN1C. The maximum Gasteiger partial charge on any atom is 0.253 e. The highest BCUT2D eigenvalue weighted by Gasteiger charge is 2.32. The van der Waals surface area contributed by atoms with Crippen LogP contribution in [0.15, 0.2) is 36.7 Å². The highest BCUT2D eigenvalue weighted by atomic mass is 16.5. The summed E-state index contributed by atoms with van der Waals surface area (Å²) in [6.07, 6.45) is 3.58. The summed E-state index contributed by atoms with van der Waals surface area (Å²) in [5.74, 6) is 0.550. The van der Waals surface area contributed by atoms with Gasteiger partial charge in [-0.05, 0) is 31.3 Å². The van der Waals surface area contributed by atoms with E-state index in [2.05, 4.69) is 10.4 Å². The summed E-state index contributed by atoms with van der Waals surface area (Å²) in [6.45, 7) is 2.12. The van der Waals surface area contributed by atoms with E-state index in [0.717, 1.165) is 5.56 Å². The van der Waals surface area contributed by atoms with E-state index in [9.17, 15) is 9.59 Å². The zero-order chi connectivity index (χ0) is 19.4. The molecule has 2 heterocycles. The van der Waals surface area contributed by atoms with Gasteiger partial charge in [0.15, 0.2) is 0 Å². The van der Waals surface area contributed by atoms with E-state index in [4.69, 9.17) is 4.74 Å². The van der Waals surface area contributed by atoms with Crippen molar-refractivity contribution >= 4 is 11.8 Å². The summed E-state index contributed by atoms with van der Waals surface area (Å²) in [6, 6.07) is 6.93. The molecule has 2 aromatic rings. The average Bonchev–Trinajstić information content (AvgIpc) is 3.20. The van der Waals surface area contributed by atoms with Crippen LogP contribution in [0.1, 0.15) is 15.9 Å². The molecule has 1 saturated heterocycles. The van der Waals surface area contributed by atoms with E-state index in [-0.39, 0.29) is 17.9 Å². The molecule has 0 spiro atoms. The molecular weight excluding hydrogens is 346 g/mol. The molecule has 1 N–H and O–H groups in total. The van der Waals surface area contributed by atoms with E-state index in [1.807, 2.05) is 30.3 Å². The first-order chi connectivity index (χ1) is 13.0. The number of likely N-dealkylation sites (N-methyl/N-ethyl adjacent to an activating group) is 2. The summed E-state index contributed by atoms with van der Waals surface area (Å²) in [4.78, 5) is 28.8. The van der Waals surface area contributed by atoms with Crippen molar-refractivity contribution in [1.29, 1.82) is 0 Å². The van der Waals surface area contributed by atoms with Crippen LogP contribution in [0.25, 0.3) is 0 Å². The molecule has 1 aliphatic rings. The number of amides is 2. The topological polar surface area (TPSA) is 79.7 Å². The van der Waals surface area contributed by atoms with Gasteiger partial charge in [-0.15, -0.1) is 0 Å². The molecule has 8 nitrogen and oxygen atoms in total. The van der Waals surface area contributed by atoms with Crippen molar-refractivity contribution in [3.8, 4) is 5.75 Å². The van der Waals surface area contributed by atoms with Crippen LogP contribution < -0.4 is 10.1 Å². The molecule has 0 unspecified atom stereocenters. The Morgan fingerprint density at radius 2 is 2.15 bits per heavy atom. The molecule has 2 amide bonds. The highest BCUT2D eigenvalue weighted by molar-refractivity contribution is 5.95. The fourth-order valence-corrected chi connectivity index (χ4v) is 3.29. The van der Waals surface area contributed by atoms with Crippen molar-refractivity contribution < 1.29 is 14.3 Å². The molecule has 27 heavy (non-hydrogen) atoms. The lowest BCUT2D eigenvalue weighted by Crippen LogP contribution is -2.58. The van der Waals surface area contributed by atoms with Gasteiger partial charge >= 0.3 is 0 Å². The fourth-order valence-electron chi connectivity index (χ4n) is 3.29. The van der Waals surface area contributed by atoms with Crippen LogP contribution in [0.3, 0.4) is 0 Å². The highest BCUT2D eigenvalue weighted by Crippen LogP contribution is 2.22. The summed E-state index contributed by atoms with van der Waals surface area (Å²) in [5, 5.41) is 6.88. The van der Waals surface area contributed by atoms with Gasteiger partial charge in [0.25, 0.3) is 5.91 Å². The number of ether oxygens (including phenoxy) is 1. The predicted molar refractivity (Wildman–Crippen MR) is 101 cm³/mol. The second kappa shape index (κ2) is 8.22. The number of piperazine rings is 1. The lowest BCUT2D eigenvalue weighted by Gasteiger charge is -2.38. The van der Waals surface area contributed by atoms with Gasteiger partial charge in [-0.3, -0.25) is 19.2 Å². The van der Waals surface area contributed by atoms with Crippen molar-refractivity contribution in [2.75, 3.05) is 40.8 Å². The normalized spacial score (nSPS) is 17.6. The molecule has 144 valence electrons. The molecular formula is C19H25N5O3. The van der Waals surface area contributed by atoms with Gasteiger partial charge < -0.3 is 15.0 Å². The van der Waals surface area contributed by atoms with Gasteiger partial charge in [0.1, 0.15) is 11.8 Å². The van der Waals surface area contributed by atoms with Gasteiger partial charge in [0, 0.05) is 50.2 Å². The molecule has 0 bridgehead atoms. The number of benzene rings is 1. The first kappa shape index (κ1) is 18.9. The van der Waals surface area contributed by atoms with Crippen LogP contribution in [0.5, 0.6) is 5.75 Å². The maximum absolute atomic E-state index is 13.0. The van der Waals surface area contributed by atoms with Crippen molar-refractivity contribution in [2.45, 2.75) is 12.6 Å². The Morgan fingerprint density at radius 1 is 1.33 bits per heavy atom. The molecule has 0 saturated carbocycles. The van der Waals surface area contributed by atoms with Crippen molar-refractivity contribution in [1.82, 2.24) is 24.9 Å². The predicted octanol–water partition coefficient (Wildman–Crippen LogP) is 0.442. The van der Waals surface area contributed by atoms with Crippen LogP contribution in [0.4, 0.5) is 0 Å². The van der Waals surface area contributed by atoms with E-state index in [1.54, 1.807) is 42.1 Å². The molecule has 1 aliphatic heterocycles. The third-order valence-electron chi connectivity index (χ3n) is 4.90. The molecule has 1 atom stereocenters. The van der Waals surface area contributed by atoms with Gasteiger partial charge in [0.05, 0.1) is 13.7 Å². The first-order valence-corrected chi connectivity index (χ1v) is 8.89. The maximum atomic E-state index is 13.0.